The van der Waals surface area contributed by atoms with Crippen molar-refractivity contribution in [2.45, 2.75) is 39.5 Å². The van der Waals surface area contributed by atoms with Gasteiger partial charge in [0.15, 0.2) is 0 Å². The third kappa shape index (κ3) is 3.08. The molecule has 0 N–H and O–H groups in total. The molecule has 0 unspecified atom stereocenters. The van der Waals surface area contributed by atoms with Gasteiger partial charge in [0.25, 0.3) is 0 Å². The van der Waals surface area contributed by atoms with Crippen LogP contribution in [-0.2, 0) is 0 Å². The first-order valence-corrected chi connectivity index (χ1v) is 4.86. The van der Waals surface area contributed by atoms with Crippen LogP contribution in [0.3, 0.4) is 0 Å². The van der Waals surface area contributed by atoms with Gasteiger partial charge in [-0.1, -0.05) is 43.2 Å². The fourth-order valence-electron chi connectivity index (χ4n) is 1.32. The monoisotopic (exact) mass is 162 g/mol. The molecule has 1 aliphatic rings. The van der Waals surface area contributed by atoms with Gasteiger partial charge < -0.3 is 0 Å². The number of allylic oxidation sites excluding steroid dienone is 6. The van der Waals surface area contributed by atoms with Crippen LogP contribution in [-0.4, -0.2) is 0 Å². The first-order valence-electron chi connectivity index (χ1n) is 4.86. The first-order chi connectivity index (χ1) is 5.83. The molecule has 0 fully saturated rings. The van der Waals surface area contributed by atoms with Gasteiger partial charge in [0.05, 0.1) is 0 Å². The van der Waals surface area contributed by atoms with Gasteiger partial charge in [0.2, 0.25) is 0 Å². The van der Waals surface area contributed by atoms with Gasteiger partial charge in [0.1, 0.15) is 0 Å². The Labute approximate surface area is 75.7 Å². The molecule has 0 spiro atoms. The van der Waals surface area contributed by atoms with Crippen molar-refractivity contribution in [3.05, 3.63) is 35.5 Å². The van der Waals surface area contributed by atoms with Crippen LogP contribution >= 0.6 is 0 Å². The average Bonchev–Trinajstić information content (AvgIpc) is 2.27. The zero-order valence-corrected chi connectivity index (χ0v) is 8.14. The van der Waals surface area contributed by atoms with Crippen molar-refractivity contribution in [3.63, 3.8) is 0 Å². The summed E-state index contributed by atoms with van der Waals surface area (Å²) < 4.78 is 0. The van der Waals surface area contributed by atoms with Crippen molar-refractivity contribution in [1.29, 1.82) is 0 Å². The molecule has 0 amide bonds. The predicted molar refractivity (Wildman–Crippen MR) is 55.1 cm³/mol. The van der Waals surface area contributed by atoms with E-state index in [0.29, 0.717) is 0 Å². The topological polar surface area (TPSA) is 0 Å². The fraction of sp³-hybridized carbons (Fsp3) is 0.500. The second-order valence-electron chi connectivity index (χ2n) is 3.46. The summed E-state index contributed by atoms with van der Waals surface area (Å²) in [4.78, 5) is 0. The molecule has 0 aromatic heterocycles. The van der Waals surface area contributed by atoms with Gasteiger partial charge in [-0.15, -0.1) is 0 Å². The molecule has 0 saturated heterocycles. The maximum Gasteiger partial charge on any atom is -0.0135 e. The molecule has 66 valence electrons. The second-order valence-corrected chi connectivity index (χ2v) is 3.46. The zero-order valence-electron chi connectivity index (χ0n) is 8.14. The van der Waals surface area contributed by atoms with Gasteiger partial charge >= 0.3 is 0 Å². The zero-order chi connectivity index (χ0) is 8.81. The number of unbranched alkanes of at least 4 members (excludes halogenated alkanes) is 1. The van der Waals surface area contributed by atoms with Crippen molar-refractivity contribution in [1.82, 2.24) is 0 Å². The standard InChI is InChI=1S/C12H18/c1-3-4-7-12-8-5-6-11(2)9-10-12/h5,8-10H,3-4,6-7H2,1-2H3. The van der Waals surface area contributed by atoms with Crippen molar-refractivity contribution in [3.8, 4) is 0 Å². The van der Waals surface area contributed by atoms with Crippen LogP contribution in [0.5, 0.6) is 0 Å². The minimum atomic E-state index is 1.12. The van der Waals surface area contributed by atoms with Gasteiger partial charge in [-0.05, 0) is 31.8 Å². The van der Waals surface area contributed by atoms with E-state index in [4.69, 9.17) is 0 Å². The van der Waals surface area contributed by atoms with Crippen molar-refractivity contribution in [2.24, 2.45) is 0 Å². The summed E-state index contributed by atoms with van der Waals surface area (Å²) >= 11 is 0. The third-order valence-electron chi connectivity index (χ3n) is 2.17. The molecule has 0 aromatic rings. The highest BCUT2D eigenvalue weighted by molar-refractivity contribution is 5.30. The summed E-state index contributed by atoms with van der Waals surface area (Å²) in [6, 6.07) is 0. The Hall–Kier alpha value is -0.780. The molecule has 0 heteroatoms. The van der Waals surface area contributed by atoms with E-state index < -0.39 is 0 Å². The van der Waals surface area contributed by atoms with Gasteiger partial charge in [-0.25, -0.2) is 0 Å². The molecule has 12 heavy (non-hydrogen) atoms. The summed E-state index contributed by atoms with van der Waals surface area (Å²) in [6.07, 6.45) is 14.0. The summed E-state index contributed by atoms with van der Waals surface area (Å²) in [7, 11) is 0. The average molecular weight is 162 g/mol. The lowest BCUT2D eigenvalue weighted by atomic mass is 10.1. The Morgan fingerprint density at radius 2 is 2.17 bits per heavy atom. The molecule has 0 bridgehead atoms. The van der Waals surface area contributed by atoms with Crippen LogP contribution < -0.4 is 0 Å². The van der Waals surface area contributed by atoms with Crippen LogP contribution in [0.15, 0.2) is 35.5 Å². The lowest BCUT2D eigenvalue weighted by Gasteiger charge is -1.97. The van der Waals surface area contributed by atoms with Crippen LogP contribution in [0.25, 0.3) is 0 Å². The Kier molecular flexibility index (Phi) is 3.86. The first kappa shape index (κ1) is 9.31. The SMILES string of the molecule is CCCCC1=CC=C(C)CC=C1. The maximum absolute atomic E-state index is 2.27. The molecular formula is C12H18. The highest BCUT2D eigenvalue weighted by Gasteiger charge is 1.94. The molecule has 0 aliphatic heterocycles. The van der Waals surface area contributed by atoms with E-state index in [-0.39, 0.29) is 0 Å². The number of hydrogen-bond donors (Lipinski definition) is 0. The van der Waals surface area contributed by atoms with Crippen molar-refractivity contribution in [2.75, 3.05) is 0 Å². The Balaban J connectivity index is 2.52. The molecule has 0 radical (unpaired) electrons. The number of rotatable bonds is 3. The normalized spacial score (nSPS) is 16.8. The van der Waals surface area contributed by atoms with Crippen molar-refractivity contribution < 1.29 is 0 Å². The maximum atomic E-state index is 2.27. The predicted octanol–water partition coefficient (Wildman–Crippen LogP) is 4.01. The third-order valence-corrected chi connectivity index (χ3v) is 2.17. The van der Waals surface area contributed by atoms with E-state index in [2.05, 4.69) is 38.2 Å². The number of hydrogen-bond acceptors (Lipinski definition) is 0. The molecule has 1 rings (SSSR count). The minimum Gasteiger partial charge on any atom is -0.0802 e. The smallest absolute Gasteiger partial charge is 0.0135 e. The van der Waals surface area contributed by atoms with Gasteiger partial charge in [-0.2, -0.15) is 0 Å². The van der Waals surface area contributed by atoms with E-state index in [0.717, 1.165) is 6.42 Å². The molecule has 0 aromatic carbocycles. The van der Waals surface area contributed by atoms with E-state index in [9.17, 15) is 0 Å². The lowest BCUT2D eigenvalue weighted by molar-refractivity contribution is 0.798. The lowest BCUT2D eigenvalue weighted by Crippen LogP contribution is -1.77. The molecule has 0 atom stereocenters. The fourth-order valence-corrected chi connectivity index (χ4v) is 1.32. The van der Waals surface area contributed by atoms with E-state index >= 15 is 0 Å². The van der Waals surface area contributed by atoms with Crippen LogP contribution in [0.1, 0.15) is 39.5 Å². The van der Waals surface area contributed by atoms with E-state index in [1.165, 1.54) is 30.4 Å². The Bertz CT molecular complexity index is 216. The Morgan fingerprint density at radius 1 is 1.33 bits per heavy atom. The van der Waals surface area contributed by atoms with Crippen LogP contribution in [0, 0.1) is 0 Å². The molecule has 1 aliphatic carbocycles. The van der Waals surface area contributed by atoms with Crippen LogP contribution in [0.2, 0.25) is 0 Å². The molecule has 0 saturated carbocycles. The summed E-state index contributed by atoms with van der Waals surface area (Å²) in [5.74, 6) is 0. The van der Waals surface area contributed by atoms with E-state index in [1.54, 1.807) is 0 Å². The van der Waals surface area contributed by atoms with Gasteiger partial charge in [-0.3, -0.25) is 0 Å². The van der Waals surface area contributed by atoms with Crippen LogP contribution in [0.4, 0.5) is 0 Å². The minimum absolute atomic E-state index is 1.12. The molecule has 0 nitrogen and oxygen atoms in total. The highest BCUT2D eigenvalue weighted by atomic mass is 14.0. The van der Waals surface area contributed by atoms with Crippen molar-refractivity contribution >= 4 is 0 Å². The molecule has 0 heterocycles. The second kappa shape index (κ2) is 4.97. The quantitative estimate of drug-likeness (QED) is 0.588. The Morgan fingerprint density at radius 3 is 2.92 bits per heavy atom. The summed E-state index contributed by atoms with van der Waals surface area (Å²) in [6.45, 7) is 4.42. The van der Waals surface area contributed by atoms with Gasteiger partial charge in [0, 0.05) is 0 Å². The highest BCUT2D eigenvalue weighted by Crippen LogP contribution is 2.15. The van der Waals surface area contributed by atoms with E-state index in [1.807, 2.05) is 0 Å². The summed E-state index contributed by atoms with van der Waals surface area (Å²) in [5, 5.41) is 0. The summed E-state index contributed by atoms with van der Waals surface area (Å²) in [5.41, 5.74) is 2.94. The molecular weight excluding hydrogens is 144 g/mol. The largest absolute Gasteiger partial charge is 0.0802 e.